The third-order valence-corrected chi connectivity index (χ3v) is 7.18. The third-order valence-electron chi connectivity index (χ3n) is 7.18. The van der Waals surface area contributed by atoms with Gasteiger partial charge < -0.3 is 28.4 Å². The molecule has 0 saturated carbocycles. The normalized spacial score (nSPS) is 19.4. The number of hydrogen-bond acceptors (Lipinski definition) is 10. The van der Waals surface area contributed by atoms with Crippen LogP contribution >= 0.6 is 0 Å². The molecule has 5 rings (SSSR count). The summed E-state index contributed by atoms with van der Waals surface area (Å²) >= 11 is 0. The van der Waals surface area contributed by atoms with Gasteiger partial charge in [0, 0.05) is 5.56 Å². The van der Waals surface area contributed by atoms with Gasteiger partial charge in [-0.25, -0.2) is 9.59 Å². The zero-order valence-corrected chi connectivity index (χ0v) is 24.5. The second-order valence-electron chi connectivity index (χ2n) is 10.1. The Morgan fingerprint density at radius 2 is 1.20 bits per heavy atom. The van der Waals surface area contributed by atoms with Crippen LogP contribution < -0.4 is 0 Å². The largest absolute Gasteiger partial charge is 0.464 e. The molecule has 1 aliphatic rings. The second-order valence-corrected chi connectivity index (χ2v) is 10.1. The van der Waals surface area contributed by atoms with Gasteiger partial charge in [-0.3, -0.25) is 0 Å². The number of esters is 2. The number of hydrogen-bond donors (Lipinski definition) is 0. The summed E-state index contributed by atoms with van der Waals surface area (Å²) in [5.74, 6) is -1.45. The number of ether oxygens (including phenoxy) is 6. The molecule has 0 amide bonds. The Morgan fingerprint density at radius 1 is 0.682 bits per heavy atom. The van der Waals surface area contributed by atoms with Crippen molar-refractivity contribution in [2.45, 2.75) is 44.2 Å². The van der Waals surface area contributed by atoms with E-state index in [2.05, 4.69) is 10.2 Å². The van der Waals surface area contributed by atoms with E-state index in [0.717, 1.165) is 16.7 Å². The fraction of sp³-hybridized carbons (Fsp3) is 0.294. The van der Waals surface area contributed by atoms with Crippen molar-refractivity contribution in [3.8, 4) is 0 Å². The number of benzene rings is 3. The molecule has 2 heterocycles. The van der Waals surface area contributed by atoms with Crippen LogP contribution in [0.2, 0.25) is 0 Å². The lowest BCUT2D eigenvalue weighted by Gasteiger charge is -2.26. The summed E-state index contributed by atoms with van der Waals surface area (Å²) in [6.07, 6.45) is -2.85. The van der Waals surface area contributed by atoms with Crippen LogP contribution in [-0.4, -0.2) is 61.3 Å². The summed E-state index contributed by atoms with van der Waals surface area (Å²) in [6.45, 7) is 1.06. The number of rotatable bonds is 13. The molecule has 1 aliphatic heterocycles. The van der Waals surface area contributed by atoms with Crippen LogP contribution in [0.4, 0.5) is 0 Å². The molecule has 1 aromatic heterocycles. The van der Waals surface area contributed by atoms with Gasteiger partial charge in [-0.15, -0.1) is 10.2 Å². The van der Waals surface area contributed by atoms with Gasteiger partial charge in [-0.2, -0.15) is 0 Å². The molecule has 3 aromatic carbocycles. The fourth-order valence-corrected chi connectivity index (χ4v) is 4.98. The molecular weight excluding hydrogens is 564 g/mol. The Labute approximate surface area is 255 Å². The van der Waals surface area contributed by atoms with E-state index < -0.39 is 36.4 Å². The van der Waals surface area contributed by atoms with E-state index in [1.165, 1.54) is 20.3 Å². The number of aromatic nitrogens is 2. The van der Waals surface area contributed by atoms with Crippen molar-refractivity contribution < 1.29 is 38.0 Å². The lowest BCUT2D eigenvalue weighted by atomic mass is 9.99. The molecule has 0 spiro atoms. The smallest absolute Gasteiger partial charge is 0.358 e. The van der Waals surface area contributed by atoms with E-state index in [4.69, 9.17) is 28.4 Å². The van der Waals surface area contributed by atoms with E-state index in [0.29, 0.717) is 6.61 Å². The zero-order valence-electron chi connectivity index (χ0n) is 24.5. The Balaban J connectivity index is 1.50. The molecule has 228 valence electrons. The summed E-state index contributed by atoms with van der Waals surface area (Å²) < 4.78 is 35.6. The molecule has 44 heavy (non-hydrogen) atoms. The SMILES string of the molecule is COC(=O)c1cc([C@@H]2O[C@H](COCc3ccccc3)[C@@H](OCc3ccccc3)[C@H]2OCc2ccccc2)c(C(=O)OC)nn1. The average molecular weight is 599 g/mol. The van der Waals surface area contributed by atoms with Crippen molar-refractivity contribution >= 4 is 11.9 Å². The quantitative estimate of drug-likeness (QED) is 0.197. The summed E-state index contributed by atoms with van der Waals surface area (Å²) in [6, 6.07) is 30.7. The van der Waals surface area contributed by atoms with Gasteiger partial charge in [-0.1, -0.05) is 91.0 Å². The van der Waals surface area contributed by atoms with Crippen LogP contribution in [0.25, 0.3) is 0 Å². The third kappa shape index (κ3) is 7.72. The standard InChI is InChI=1S/C34H34N2O8/c1-39-33(37)27-18-26(29(36-35-27)34(38)40-2)30-32(43-21-25-16-10-5-11-17-25)31(42-20-24-14-8-4-9-15-24)28(44-30)22-41-19-23-12-6-3-7-13-23/h3-18,28,30-32H,19-22H2,1-2H3/t28-,30+,31-,32+/m1/s1. The summed E-state index contributed by atoms with van der Waals surface area (Å²) in [5, 5.41) is 7.92. The predicted octanol–water partition coefficient (Wildman–Crippen LogP) is 4.88. The zero-order chi connectivity index (χ0) is 30.7. The average Bonchev–Trinajstić information content (AvgIpc) is 3.43. The monoisotopic (exact) mass is 598 g/mol. The van der Waals surface area contributed by atoms with Crippen LogP contribution in [0.15, 0.2) is 97.1 Å². The number of methoxy groups -OCH3 is 2. The van der Waals surface area contributed by atoms with Gasteiger partial charge >= 0.3 is 11.9 Å². The summed E-state index contributed by atoms with van der Waals surface area (Å²) in [4.78, 5) is 25.3. The first-order valence-electron chi connectivity index (χ1n) is 14.2. The highest BCUT2D eigenvalue weighted by molar-refractivity contribution is 5.91. The van der Waals surface area contributed by atoms with E-state index in [-0.39, 0.29) is 36.8 Å². The fourth-order valence-electron chi connectivity index (χ4n) is 4.98. The molecule has 10 heteroatoms. The van der Waals surface area contributed by atoms with Crippen molar-refractivity contribution in [2.24, 2.45) is 0 Å². The van der Waals surface area contributed by atoms with Gasteiger partial charge in [0.15, 0.2) is 11.4 Å². The number of nitrogens with zero attached hydrogens (tertiary/aromatic N) is 2. The van der Waals surface area contributed by atoms with Crippen molar-refractivity contribution in [2.75, 3.05) is 20.8 Å². The first kappa shape index (κ1) is 31.0. The van der Waals surface area contributed by atoms with E-state index in [1.807, 2.05) is 91.0 Å². The summed E-state index contributed by atoms with van der Waals surface area (Å²) in [7, 11) is 2.48. The van der Waals surface area contributed by atoms with Crippen LogP contribution in [0.5, 0.6) is 0 Å². The molecule has 0 N–H and O–H groups in total. The topological polar surface area (TPSA) is 115 Å². The van der Waals surface area contributed by atoms with Crippen LogP contribution in [0.3, 0.4) is 0 Å². The van der Waals surface area contributed by atoms with E-state index in [9.17, 15) is 9.59 Å². The van der Waals surface area contributed by atoms with E-state index in [1.54, 1.807) is 0 Å². The van der Waals surface area contributed by atoms with Crippen LogP contribution in [0, 0.1) is 0 Å². The Kier molecular flexibility index (Phi) is 10.8. The van der Waals surface area contributed by atoms with Crippen molar-refractivity contribution in [3.63, 3.8) is 0 Å². The molecular formula is C34H34N2O8. The van der Waals surface area contributed by atoms with Gasteiger partial charge in [0.1, 0.15) is 24.4 Å². The highest BCUT2D eigenvalue weighted by Gasteiger charge is 2.49. The minimum Gasteiger partial charge on any atom is -0.464 e. The van der Waals surface area contributed by atoms with Gasteiger partial charge in [0.2, 0.25) is 0 Å². The molecule has 4 atom stereocenters. The highest BCUT2D eigenvalue weighted by Crippen LogP contribution is 2.40. The molecule has 0 unspecified atom stereocenters. The lowest BCUT2D eigenvalue weighted by molar-refractivity contribution is -0.0898. The Morgan fingerprint density at radius 3 is 1.75 bits per heavy atom. The van der Waals surface area contributed by atoms with E-state index >= 15 is 0 Å². The maximum absolute atomic E-state index is 12.8. The van der Waals surface area contributed by atoms with Crippen molar-refractivity contribution in [1.29, 1.82) is 0 Å². The maximum Gasteiger partial charge on any atom is 0.358 e. The Bertz CT molecular complexity index is 1500. The molecule has 1 fully saturated rings. The minimum atomic E-state index is -0.891. The molecule has 4 aromatic rings. The minimum absolute atomic E-state index is 0.0916. The molecule has 0 bridgehead atoms. The highest BCUT2D eigenvalue weighted by atomic mass is 16.6. The van der Waals surface area contributed by atoms with Crippen LogP contribution in [-0.2, 0) is 48.2 Å². The van der Waals surface area contributed by atoms with Crippen LogP contribution in [0.1, 0.15) is 49.3 Å². The summed E-state index contributed by atoms with van der Waals surface area (Å²) in [5.41, 5.74) is 2.99. The molecule has 0 radical (unpaired) electrons. The predicted molar refractivity (Wildman–Crippen MR) is 158 cm³/mol. The van der Waals surface area contributed by atoms with Gasteiger partial charge in [0.25, 0.3) is 0 Å². The lowest BCUT2D eigenvalue weighted by Crippen LogP contribution is -2.38. The van der Waals surface area contributed by atoms with Crippen molar-refractivity contribution in [3.05, 3.63) is 131 Å². The molecule has 1 saturated heterocycles. The molecule has 0 aliphatic carbocycles. The molecule has 10 nitrogen and oxygen atoms in total. The van der Waals surface area contributed by atoms with Gasteiger partial charge in [-0.05, 0) is 22.8 Å². The van der Waals surface area contributed by atoms with Crippen molar-refractivity contribution in [1.82, 2.24) is 10.2 Å². The number of carbonyl (C=O) groups is 2. The first-order valence-corrected chi connectivity index (χ1v) is 14.2. The maximum atomic E-state index is 12.8. The number of carbonyl (C=O) groups excluding carboxylic acids is 2. The second kappa shape index (κ2) is 15.3. The Hall–Kier alpha value is -4.48. The first-order chi connectivity index (χ1) is 21.6. The van der Waals surface area contributed by atoms with Gasteiger partial charge in [0.05, 0.1) is 40.6 Å².